The highest BCUT2D eigenvalue weighted by Crippen LogP contribution is 2.32. The van der Waals surface area contributed by atoms with Crippen molar-refractivity contribution in [3.8, 4) is 5.75 Å². The summed E-state index contributed by atoms with van der Waals surface area (Å²) < 4.78 is 33.4. The maximum Gasteiger partial charge on any atom is 0.264 e. The lowest BCUT2D eigenvalue weighted by atomic mass is 10.0. The van der Waals surface area contributed by atoms with Crippen LogP contribution < -0.4 is 14.4 Å². The highest BCUT2D eigenvalue weighted by Gasteiger charge is 2.29. The van der Waals surface area contributed by atoms with Crippen LogP contribution in [0.4, 0.5) is 11.4 Å². The predicted octanol–water partition coefficient (Wildman–Crippen LogP) is 4.09. The minimum absolute atomic E-state index is 0.0897. The zero-order chi connectivity index (χ0) is 21.1. The summed E-state index contributed by atoms with van der Waals surface area (Å²) >= 11 is 0. The molecule has 0 saturated heterocycles. The van der Waals surface area contributed by atoms with Crippen molar-refractivity contribution < 1.29 is 17.9 Å². The van der Waals surface area contributed by atoms with Crippen LogP contribution in [0.3, 0.4) is 0 Å². The Balaban J connectivity index is 1.64. The number of hydrogen-bond donors (Lipinski definition) is 1. The molecule has 4 rings (SSSR count). The number of anilines is 2. The van der Waals surface area contributed by atoms with E-state index in [4.69, 9.17) is 4.74 Å². The number of para-hydroxylation sites is 3. The summed E-state index contributed by atoms with van der Waals surface area (Å²) in [5.41, 5.74) is 2.49. The Hall–Kier alpha value is -3.32. The van der Waals surface area contributed by atoms with E-state index in [1.165, 1.54) is 23.5 Å². The second-order valence-corrected chi connectivity index (χ2v) is 8.85. The van der Waals surface area contributed by atoms with Gasteiger partial charge in [0.1, 0.15) is 5.75 Å². The first-order chi connectivity index (χ1) is 14.5. The standard InChI is InChI=1S/C23H22N2O4S/c1-29-22-14-5-3-12-20(22)24-23(26)18-9-6-11-19(16-18)30(27,28)25-15-7-10-17-8-2-4-13-21(17)25/h2-6,8-9,11-14,16H,7,10,15H2,1H3,(H,24,26). The van der Waals surface area contributed by atoms with Crippen molar-refractivity contribution in [3.05, 3.63) is 83.9 Å². The van der Waals surface area contributed by atoms with Crippen LogP contribution in [0, 0.1) is 0 Å². The molecule has 0 unspecified atom stereocenters. The maximum absolute atomic E-state index is 13.4. The Morgan fingerprint density at radius 1 is 1.00 bits per heavy atom. The van der Waals surface area contributed by atoms with Crippen LogP contribution in [0.15, 0.2) is 77.7 Å². The Labute approximate surface area is 176 Å². The van der Waals surface area contributed by atoms with Crippen LogP contribution in [0.5, 0.6) is 5.75 Å². The van der Waals surface area contributed by atoms with Crippen molar-refractivity contribution in [2.45, 2.75) is 17.7 Å². The minimum Gasteiger partial charge on any atom is -0.495 e. The second kappa shape index (κ2) is 8.20. The molecule has 0 bridgehead atoms. The van der Waals surface area contributed by atoms with Gasteiger partial charge in [0.25, 0.3) is 15.9 Å². The zero-order valence-electron chi connectivity index (χ0n) is 16.5. The van der Waals surface area contributed by atoms with Gasteiger partial charge in [0, 0.05) is 12.1 Å². The summed E-state index contributed by atoms with van der Waals surface area (Å²) in [5.74, 6) is 0.121. The summed E-state index contributed by atoms with van der Waals surface area (Å²) in [6, 6.07) is 20.7. The van der Waals surface area contributed by atoms with E-state index in [0.29, 0.717) is 23.7 Å². The molecule has 1 amide bonds. The van der Waals surface area contributed by atoms with E-state index in [1.807, 2.05) is 24.3 Å². The van der Waals surface area contributed by atoms with Gasteiger partial charge in [-0.1, -0.05) is 36.4 Å². The Bertz CT molecular complexity index is 1190. The van der Waals surface area contributed by atoms with Crippen molar-refractivity contribution in [2.24, 2.45) is 0 Å². The first-order valence-corrected chi connectivity index (χ1v) is 11.1. The van der Waals surface area contributed by atoms with Gasteiger partial charge in [-0.15, -0.1) is 0 Å². The van der Waals surface area contributed by atoms with Gasteiger partial charge in [0.15, 0.2) is 0 Å². The molecule has 1 aliphatic heterocycles. The monoisotopic (exact) mass is 422 g/mol. The molecule has 1 aliphatic rings. The third kappa shape index (κ3) is 3.76. The second-order valence-electron chi connectivity index (χ2n) is 6.99. The molecular weight excluding hydrogens is 400 g/mol. The van der Waals surface area contributed by atoms with E-state index >= 15 is 0 Å². The first-order valence-electron chi connectivity index (χ1n) is 9.66. The van der Waals surface area contributed by atoms with E-state index < -0.39 is 15.9 Å². The maximum atomic E-state index is 13.4. The van der Waals surface area contributed by atoms with E-state index in [0.717, 1.165) is 18.4 Å². The van der Waals surface area contributed by atoms with E-state index in [1.54, 1.807) is 36.4 Å². The number of aryl methyl sites for hydroxylation is 1. The predicted molar refractivity (Wildman–Crippen MR) is 117 cm³/mol. The average Bonchev–Trinajstić information content (AvgIpc) is 2.79. The molecule has 1 N–H and O–H groups in total. The van der Waals surface area contributed by atoms with Gasteiger partial charge in [-0.3, -0.25) is 9.10 Å². The van der Waals surface area contributed by atoms with Crippen LogP contribution in [0.2, 0.25) is 0 Å². The van der Waals surface area contributed by atoms with E-state index in [-0.39, 0.29) is 10.5 Å². The summed E-state index contributed by atoms with van der Waals surface area (Å²) in [6.45, 7) is 0.414. The molecule has 0 saturated carbocycles. The lowest BCUT2D eigenvalue weighted by Crippen LogP contribution is -2.35. The summed E-state index contributed by atoms with van der Waals surface area (Å²) in [5, 5.41) is 2.78. The van der Waals surface area contributed by atoms with Crippen LogP contribution in [-0.4, -0.2) is 28.0 Å². The van der Waals surface area contributed by atoms with Crippen molar-refractivity contribution >= 4 is 27.3 Å². The number of sulfonamides is 1. The van der Waals surface area contributed by atoms with Crippen molar-refractivity contribution in [2.75, 3.05) is 23.3 Å². The summed E-state index contributed by atoms with van der Waals surface area (Å²) in [6.07, 6.45) is 1.60. The fourth-order valence-corrected chi connectivity index (χ4v) is 5.20. The number of benzene rings is 3. The van der Waals surface area contributed by atoms with Gasteiger partial charge in [-0.2, -0.15) is 0 Å². The number of fused-ring (bicyclic) bond motifs is 1. The third-order valence-corrected chi connectivity index (χ3v) is 6.92. The SMILES string of the molecule is COc1ccccc1NC(=O)c1cccc(S(=O)(=O)N2CCCc3ccccc32)c1. The van der Waals surface area contributed by atoms with Crippen LogP contribution in [-0.2, 0) is 16.4 Å². The molecular formula is C23H22N2O4S. The van der Waals surface area contributed by atoms with Crippen molar-refractivity contribution in [3.63, 3.8) is 0 Å². The molecule has 0 atom stereocenters. The van der Waals surface area contributed by atoms with E-state index in [2.05, 4.69) is 5.32 Å². The van der Waals surface area contributed by atoms with Gasteiger partial charge in [0.05, 0.1) is 23.4 Å². The number of methoxy groups -OCH3 is 1. The van der Waals surface area contributed by atoms with Gasteiger partial charge < -0.3 is 10.1 Å². The molecule has 3 aromatic carbocycles. The van der Waals surface area contributed by atoms with Gasteiger partial charge >= 0.3 is 0 Å². The number of carbonyl (C=O) groups excluding carboxylic acids is 1. The average molecular weight is 423 g/mol. The number of rotatable bonds is 5. The number of carbonyl (C=O) groups is 1. The molecule has 0 radical (unpaired) electrons. The van der Waals surface area contributed by atoms with Crippen LogP contribution >= 0.6 is 0 Å². The van der Waals surface area contributed by atoms with Gasteiger partial charge in [-0.05, 0) is 54.8 Å². The minimum atomic E-state index is -3.79. The molecule has 0 fully saturated rings. The first kappa shape index (κ1) is 20.0. The Kier molecular flexibility index (Phi) is 5.46. The van der Waals surface area contributed by atoms with Gasteiger partial charge in [-0.25, -0.2) is 8.42 Å². The van der Waals surface area contributed by atoms with Crippen molar-refractivity contribution in [1.82, 2.24) is 0 Å². The molecule has 6 nitrogen and oxygen atoms in total. The summed E-state index contributed by atoms with van der Waals surface area (Å²) in [7, 11) is -2.27. The molecule has 154 valence electrons. The zero-order valence-corrected chi connectivity index (χ0v) is 17.4. The highest BCUT2D eigenvalue weighted by atomic mass is 32.2. The van der Waals surface area contributed by atoms with Crippen molar-refractivity contribution in [1.29, 1.82) is 0 Å². The lowest BCUT2D eigenvalue weighted by molar-refractivity contribution is 0.102. The number of amides is 1. The summed E-state index contributed by atoms with van der Waals surface area (Å²) in [4.78, 5) is 12.9. The number of nitrogens with zero attached hydrogens (tertiary/aromatic N) is 1. The Morgan fingerprint density at radius 3 is 2.60 bits per heavy atom. The van der Waals surface area contributed by atoms with Crippen LogP contribution in [0.25, 0.3) is 0 Å². The van der Waals surface area contributed by atoms with Crippen LogP contribution in [0.1, 0.15) is 22.3 Å². The number of hydrogen-bond acceptors (Lipinski definition) is 4. The molecule has 7 heteroatoms. The lowest BCUT2D eigenvalue weighted by Gasteiger charge is -2.30. The van der Waals surface area contributed by atoms with E-state index in [9.17, 15) is 13.2 Å². The highest BCUT2D eigenvalue weighted by molar-refractivity contribution is 7.92. The topological polar surface area (TPSA) is 75.7 Å². The Morgan fingerprint density at radius 2 is 1.77 bits per heavy atom. The molecule has 0 aliphatic carbocycles. The fourth-order valence-electron chi connectivity index (χ4n) is 3.62. The quantitative estimate of drug-likeness (QED) is 0.672. The number of ether oxygens (including phenoxy) is 1. The van der Waals surface area contributed by atoms with Gasteiger partial charge in [0.2, 0.25) is 0 Å². The smallest absolute Gasteiger partial charge is 0.264 e. The molecule has 3 aromatic rings. The largest absolute Gasteiger partial charge is 0.495 e. The molecule has 0 spiro atoms. The number of nitrogens with one attached hydrogen (secondary N) is 1. The third-order valence-electron chi connectivity index (χ3n) is 5.11. The molecule has 0 aromatic heterocycles. The fraction of sp³-hybridized carbons (Fsp3) is 0.174. The molecule has 30 heavy (non-hydrogen) atoms. The molecule has 1 heterocycles. The normalized spacial score (nSPS) is 13.4.